The van der Waals surface area contributed by atoms with Gasteiger partial charge in [0.1, 0.15) is 5.70 Å². The number of nitrogens with one attached hydrogen (secondary N) is 1. The Labute approximate surface area is 161 Å². The zero-order chi connectivity index (χ0) is 19.9. The maximum absolute atomic E-state index is 12.9. The first-order chi connectivity index (χ1) is 13.5. The first kappa shape index (κ1) is 19.2. The van der Waals surface area contributed by atoms with Gasteiger partial charge in [-0.1, -0.05) is 30.3 Å². The zero-order valence-corrected chi connectivity index (χ0v) is 15.0. The summed E-state index contributed by atoms with van der Waals surface area (Å²) in [7, 11) is 0. The Morgan fingerprint density at radius 3 is 2.29 bits per heavy atom. The maximum Gasteiger partial charge on any atom is 0.270 e. The summed E-state index contributed by atoms with van der Waals surface area (Å²) in [6, 6.07) is 14.4. The van der Waals surface area contributed by atoms with Crippen molar-refractivity contribution in [1.82, 2.24) is 10.2 Å². The molecule has 0 atom stereocenters. The summed E-state index contributed by atoms with van der Waals surface area (Å²) in [5, 5.41) is 13.4. The van der Waals surface area contributed by atoms with Gasteiger partial charge in [0.15, 0.2) is 0 Å². The Morgan fingerprint density at radius 1 is 1.04 bits per heavy atom. The van der Waals surface area contributed by atoms with Crippen LogP contribution in [0.1, 0.15) is 15.9 Å². The molecular formula is C20H19N3O5. The van der Waals surface area contributed by atoms with Crippen LogP contribution in [-0.2, 0) is 9.53 Å². The second-order valence-electron chi connectivity index (χ2n) is 6.13. The molecule has 1 saturated heterocycles. The second kappa shape index (κ2) is 8.92. The molecule has 1 N–H and O–H groups in total. The molecule has 28 heavy (non-hydrogen) atoms. The molecule has 1 heterocycles. The second-order valence-corrected chi connectivity index (χ2v) is 6.13. The van der Waals surface area contributed by atoms with Gasteiger partial charge in [-0.15, -0.1) is 0 Å². The summed E-state index contributed by atoms with van der Waals surface area (Å²) in [5.74, 6) is -0.818. The number of ether oxygens (including phenoxy) is 1. The highest BCUT2D eigenvalue weighted by Crippen LogP contribution is 2.14. The zero-order valence-electron chi connectivity index (χ0n) is 15.0. The number of hydrogen-bond acceptors (Lipinski definition) is 5. The molecule has 144 valence electrons. The van der Waals surface area contributed by atoms with E-state index in [9.17, 15) is 19.7 Å². The lowest BCUT2D eigenvalue weighted by Gasteiger charge is -2.27. The minimum atomic E-state index is -0.537. The number of nitro benzene ring substituents is 1. The molecule has 0 saturated carbocycles. The highest BCUT2D eigenvalue weighted by molar-refractivity contribution is 6.05. The average Bonchev–Trinajstić information content (AvgIpc) is 2.74. The number of hydrogen-bond donors (Lipinski definition) is 1. The monoisotopic (exact) mass is 381 g/mol. The molecule has 0 aromatic heterocycles. The summed E-state index contributed by atoms with van der Waals surface area (Å²) in [5.41, 5.74) is 1.01. The first-order valence-corrected chi connectivity index (χ1v) is 8.74. The Balaban J connectivity index is 1.83. The third-order valence-corrected chi connectivity index (χ3v) is 4.23. The van der Waals surface area contributed by atoms with E-state index < -0.39 is 10.8 Å². The third-order valence-electron chi connectivity index (χ3n) is 4.23. The van der Waals surface area contributed by atoms with Gasteiger partial charge in [0.05, 0.1) is 18.1 Å². The smallest absolute Gasteiger partial charge is 0.270 e. The number of nitrogens with zero attached hydrogens (tertiary/aromatic N) is 2. The highest BCUT2D eigenvalue weighted by atomic mass is 16.6. The van der Waals surface area contributed by atoms with Gasteiger partial charge in [-0.3, -0.25) is 19.7 Å². The van der Waals surface area contributed by atoms with E-state index in [1.165, 1.54) is 24.3 Å². The lowest BCUT2D eigenvalue weighted by atomic mass is 10.1. The Bertz CT molecular complexity index is 888. The van der Waals surface area contributed by atoms with E-state index in [0.29, 0.717) is 26.3 Å². The number of amides is 2. The number of nitro groups is 1. The van der Waals surface area contributed by atoms with Crippen LogP contribution in [0.15, 0.2) is 60.3 Å². The summed E-state index contributed by atoms with van der Waals surface area (Å²) >= 11 is 0. The SMILES string of the molecule is O=C(N/C(=C/c1ccccc1)C(=O)N1CCOCC1)c1ccc([N+](=O)[O-])cc1. The normalized spacial score (nSPS) is 14.4. The van der Waals surface area contributed by atoms with Crippen molar-refractivity contribution in [3.8, 4) is 0 Å². The van der Waals surface area contributed by atoms with Gasteiger partial charge < -0.3 is 15.0 Å². The van der Waals surface area contributed by atoms with Gasteiger partial charge in [-0.2, -0.15) is 0 Å². The molecule has 1 fully saturated rings. The van der Waals surface area contributed by atoms with Crippen LogP contribution in [0, 0.1) is 10.1 Å². The van der Waals surface area contributed by atoms with Crippen LogP contribution in [-0.4, -0.2) is 47.9 Å². The van der Waals surface area contributed by atoms with Gasteiger partial charge in [0.25, 0.3) is 17.5 Å². The molecule has 8 nitrogen and oxygen atoms in total. The number of carbonyl (C=O) groups excluding carboxylic acids is 2. The molecule has 3 rings (SSSR count). The van der Waals surface area contributed by atoms with Gasteiger partial charge in [0.2, 0.25) is 0 Å². The molecule has 1 aliphatic heterocycles. The summed E-state index contributed by atoms with van der Waals surface area (Å²) in [6.45, 7) is 1.78. The van der Waals surface area contributed by atoms with Crippen molar-refractivity contribution in [3.05, 3.63) is 81.5 Å². The van der Waals surface area contributed by atoms with Crippen molar-refractivity contribution in [2.24, 2.45) is 0 Å². The summed E-state index contributed by atoms with van der Waals surface area (Å²) < 4.78 is 5.27. The van der Waals surface area contributed by atoms with Crippen LogP contribution in [0.5, 0.6) is 0 Å². The fourth-order valence-corrected chi connectivity index (χ4v) is 2.73. The van der Waals surface area contributed by atoms with E-state index >= 15 is 0 Å². The van der Waals surface area contributed by atoms with Crippen LogP contribution >= 0.6 is 0 Å². The van der Waals surface area contributed by atoms with E-state index in [1.54, 1.807) is 11.0 Å². The molecule has 0 radical (unpaired) electrons. The standard InChI is InChI=1S/C20H19N3O5/c24-19(16-6-8-17(9-7-16)23(26)27)21-18(14-15-4-2-1-3-5-15)20(25)22-10-12-28-13-11-22/h1-9,14H,10-13H2,(H,21,24)/b18-14+. The van der Waals surface area contributed by atoms with Crippen LogP contribution in [0.4, 0.5) is 5.69 Å². The van der Waals surface area contributed by atoms with Crippen molar-refractivity contribution in [2.75, 3.05) is 26.3 Å². The lowest BCUT2D eigenvalue weighted by molar-refractivity contribution is -0.384. The molecule has 0 spiro atoms. The molecule has 2 amide bonds. The van der Waals surface area contributed by atoms with Gasteiger partial charge in [-0.05, 0) is 23.8 Å². The Morgan fingerprint density at radius 2 is 1.68 bits per heavy atom. The number of carbonyl (C=O) groups is 2. The molecule has 0 unspecified atom stereocenters. The van der Waals surface area contributed by atoms with Gasteiger partial charge in [0, 0.05) is 30.8 Å². The van der Waals surface area contributed by atoms with Crippen LogP contribution in [0.25, 0.3) is 6.08 Å². The maximum atomic E-state index is 12.9. The number of morpholine rings is 1. The number of non-ortho nitro benzene ring substituents is 1. The van der Waals surface area contributed by atoms with E-state index in [1.807, 2.05) is 30.3 Å². The largest absolute Gasteiger partial charge is 0.378 e. The number of benzene rings is 2. The van der Waals surface area contributed by atoms with E-state index in [0.717, 1.165) is 5.56 Å². The Hall–Kier alpha value is -3.52. The highest BCUT2D eigenvalue weighted by Gasteiger charge is 2.23. The molecule has 8 heteroatoms. The van der Waals surface area contributed by atoms with Crippen molar-refractivity contribution < 1.29 is 19.2 Å². The Kier molecular flexibility index (Phi) is 6.13. The van der Waals surface area contributed by atoms with E-state index in [4.69, 9.17) is 4.74 Å². The van der Waals surface area contributed by atoms with Crippen LogP contribution in [0.3, 0.4) is 0 Å². The van der Waals surface area contributed by atoms with Crippen molar-refractivity contribution >= 4 is 23.6 Å². The minimum Gasteiger partial charge on any atom is -0.378 e. The van der Waals surface area contributed by atoms with Crippen LogP contribution in [0.2, 0.25) is 0 Å². The topological polar surface area (TPSA) is 102 Å². The molecule has 0 aliphatic carbocycles. The fourth-order valence-electron chi connectivity index (χ4n) is 2.73. The fraction of sp³-hybridized carbons (Fsp3) is 0.200. The summed E-state index contributed by atoms with van der Waals surface area (Å²) in [4.78, 5) is 37.4. The van der Waals surface area contributed by atoms with E-state index in [-0.39, 0.29) is 22.9 Å². The van der Waals surface area contributed by atoms with Crippen molar-refractivity contribution in [1.29, 1.82) is 0 Å². The van der Waals surface area contributed by atoms with Gasteiger partial charge >= 0.3 is 0 Å². The summed E-state index contributed by atoms with van der Waals surface area (Å²) in [6.07, 6.45) is 1.61. The first-order valence-electron chi connectivity index (χ1n) is 8.74. The predicted molar refractivity (Wildman–Crippen MR) is 102 cm³/mol. The molecule has 0 bridgehead atoms. The van der Waals surface area contributed by atoms with Gasteiger partial charge in [-0.25, -0.2) is 0 Å². The number of rotatable bonds is 5. The predicted octanol–water partition coefficient (Wildman–Crippen LogP) is 2.22. The average molecular weight is 381 g/mol. The molecular weight excluding hydrogens is 362 g/mol. The molecule has 2 aromatic rings. The van der Waals surface area contributed by atoms with Crippen molar-refractivity contribution in [2.45, 2.75) is 0 Å². The van der Waals surface area contributed by atoms with E-state index in [2.05, 4.69) is 5.32 Å². The third kappa shape index (κ3) is 4.80. The van der Waals surface area contributed by atoms with Crippen LogP contribution < -0.4 is 5.32 Å². The van der Waals surface area contributed by atoms with Crippen molar-refractivity contribution in [3.63, 3.8) is 0 Å². The minimum absolute atomic E-state index is 0.110. The molecule has 1 aliphatic rings. The molecule has 2 aromatic carbocycles. The lowest BCUT2D eigenvalue weighted by Crippen LogP contribution is -2.44. The quantitative estimate of drug-likeness (QED) is 0.486.